The largest absolute Gasteiger partial charge is 0.469 e. The van der Waals surface area contributed by atoms with Crippen molar-refractivity contribution < 1.29 is 4.42 Å². The Balaban J connectivity index is 2.35. The van der Waals surface area contributed by atoms with Crippen molar-refractivity contribution in [2.75, 3.05) is 6.54 Å². The van der Waals surface area contributed by atoms with E-state index in [2.05, 4.69) is 41.7 Å². The molecule has 0 spiro atoms. The Kier molecular flexibility index (Phi) is 4.80. The van der Waals surface area contributed by atoms with E-state index in [1.807, 2.05) is 12.4 Å². The molecule has 19 heavy (non-hydrogen) atoms. The average Bonchev–Trinajstić information content (AvgIpc) is 3.07. The summed E-state index contributed by atoms with van der Waals surface area (Å²) in [5, 5.41) is 3.58. The number of rotatable bonds is 7. The van der Waals surface area contributed by atoms with E-state index in [1.54, 1.807) is 6.26 Å². The molecule has 1 atom stereocenters. The molecule has 0 aliphatic rings. The summed E-state index contributed by atoms with van der Waals surface area (Å²) in [6, 6.07) is 2.17. The Labute approximate surface area is 114 Å². The van der Waals surface area contributed by atoms with Gasteiger partial charge < -0.3 is 14.3 Å². The van der Waals surface area contributed by atoms with Crippen LogP contribution in [0, 0.1) is 0 Å². The first-order valence-corrected chi connectivity index (χ1v) is 7.12. The number of nitrogens with one attached hydrogen (secondary N) is 1. The zero-order valence-corrected chi connectivity index (χ0v) is 12.0. The second-order valence-electron chi connectivity index (χ2n) is 4.61. The topological polar surface area (TPSA) is 43.0 Å². The van der Waals surface area contributed by atoms with E-state index in [9.17, 15) is 0 Å². The van der Waals surface area contributed by atoms with Crippen molar-refractivity contribution in [3.63, 3.8) is 0 Å². The van der Waals surface area contributed by atoms with Crippen molar-refractivity contribution >= 4 is 0 Å². The lowest BCUT2D eigenvalue weighted by Gasteiger charge is -2.19. The smallest absolute Gasteiger partial charge is 0.130 e. The molecule has 0 aliphatic carbocycles. The Morgan fingerprint density at radius 3 is 2.89 bits per heavy atom. The maximum Gasteiger partial charge on any atom is 0.130 e. The van der Waals surface area contributed by atoms with Crippen molar-refractivity contribution in [3.05, 3.63) is 41.9 Å². The number of furan rings is 1. The molecule has 0 fully saturated rings. The minimum Gasteiger partial charge on any atom is -0.469 e. The van der Waals surface area contributed by atoms with Crippen LogP contribution in [0.3, 0.4) is 0 Å². The molecular weight excluding hydrogens is 238 g/mol. The van der Waals surface area contributed by atoms with E-state index >= 15 is 0 Å². The number of imidazole rings is 1. The average molecular weight is 261 g/mol. The van der Waals surface area contributed by atoms with Gasteiger partial charge in [0.1, 0.15) is 11.6 Å². The molecule has 0 bridgehead atoms. The fourth-order valence-electron chi connectivity index (χ4n) is 2.37. The van der Waals surface area contributed by atoms with Gasteiger partial charge in [-0.15, -0.1) is 0 Å². The molecule has 104 valence electrons. The van der Waals surface area contributed by atoms with Gasteiger partial charge in [0.15, 0.2) is 0 Å². The predicted molar refractivity (Wildman–Crippen MR) is 76.1 cm³/mol. The van der Waals surface area contributed by atoms with Crippen LogP contribution < -0.4 is 5.32 Å². The van der Waals surface area contributed by atoms with Gasteiger partial charge in [0, 0.05) is 30.9 Å². The van der Waals surface area contributed by atoms with Gasteiger partial charge in [-0.25, -0.2) is 4.98 Å². The van der Waals surface area contributed by atoms with Gasteiger partial charge in [0.05, 0.1) is 12.3 Å². The molecule has 4 heteroatoms. The van der Waals surface area contributed by atoms with E-state index < -0.39 is 0 Å². The monoisotopic (exact) mass is 261 g/mol. The van der Waals surface area contributed by atoms with E-state index in [0.29, 0.717) is 0 Å². The Morgan fingerprint density at radius 1 is 1.37 bits per heavy atom. The van der Waals surface area contributed by atoms with Gasteiger partial charge in [0.25, 0.3) is 0 Å². The Hall–Kier alpha value is -1.55. The number of nitrogens with zero attached hydrogens (tertiary/aromatic N) is 2. The van der Waals surface area contributed by atoms with Crippen LogP contribution in [0.4, 0.5) is 0 Å². The zero-order valence-electron chi connectivity index (χ0n) is 12.0. The lowest BCUT2D eigenvalue weighted by molar-refractivity contribution is 0.489. The van der Waals surface area contributed by atoms with Gasteiger partial charge in [-0.2, -0.15) is 0 Å². The second-order valence-corrected chi connectivity index (χ2v) is 4.61. The van der Waals surface area contributed by atoms with Crippen LogP contribution in [0.15, 0.2) is 29.1 Å². The van der Waals surface area contributed by atoms with Crippen LogP contribution in [0.25, 0.3) is 0 Å². The van der Waals surface area contributed by atoms with Crippen molar-refractivity contribution in [2.45, 2.75) is 46.2 Å². The minimum atomic E-state index is 0.114. The summed E-state index contributed by atoms with van der Waals surface area (Å²) in [6.07, 6.45) is 7.67. The summed E-state index contributed by atoms with van der Waals surface area (Å²) in [7, 11) is 0. The molecule has 1 N–H and O–H groups in total. The van der Waals surface area contributed by atoms with Crippen LogP contribution >= 0.6 is 0 Å². The van der Waals surface area contributed by atoms with E-state index in [4.69, 9.17) is 4.42 Å². The Morgan fingerprint density at radius 2 is 2.21 bits per heavy atom. The van der Waals surface area contributed by atoms with Gasteiger partial charge in [-0.3, -0.25) is 0 Å². The van der Waals surface area contributed by atoms with Crippen molar-refractivity contribution in [2.24, 2.45) is 0 Å². The molecule has 2 aromatic rings. The summed E-state index contributed by atoms with van der Waals surface area (Å²) >= 11 is 0. The van der Waals surface area contributed by atoms with Gasteiger partial charge in [0.2, 0.25) is 0 Å². The molecule has 0 aliphatic heterocycles. The number of aryl methyl sites for hydroxylation is 2. The quantitative estimate of drug-likeness (QED) is 0.832. The summed E-state index contributed by atoms with van der Waals surface area (Å²) in [5.41, 5.74) is 1.21. The summed E-state index contributed by atoms with van der Waals surface area (Å²) in [4.78, 5) is 4.53. The maximum atomic E-state index is 5.57. The van der Waals surface area contributed by atoms with Gasteiger partial charge in [-0.05, 0) is 26.0 Å². The lowest BCUT2D eigenvalue weighted by atomic mass is 10.1. The highest BCUT2D eigenvalue weighted by molar-refractivity contribution is 5.27. The maximum absolute atomic E-state index is 5.57. The summed E-state index contributed by atoms with van der Waals surface area (Å²) in [6.45, 7) is 8.32. The third-order valence-electron chi connectivity index (χ3n) is 3.36. The summed E-state index contributed by atoms with van der Waals surface area (Å²) < 4.78 is 7.75. The standard InChI is InChI=1S/C15H23N3O/c1-4-8-16-14(12-7-11-19-13(12)5-2)15-17-9-10-18(15)6-3/h7,9-11,14,16H,4-6,8H2,1-3H3. The summed E-state index contributed by atoms with van der Waals surface area (Å²) in [5.74, 6) is 2.10. The third-order valence-corrected chi connectivity index (χ3v) is 3.36. The third kappa shape index (κ3) is 2.89. The molecule has 2 rings (SSSR count). The molecule has 0 aromatic carbocycles. The fourth-order valence-corrected chi connectivity index (χ4v) is 2.37. The van der Waals surface area contributed by atoms with Gasteiger partial charge >= 0.3 is 0 Å². The first-order valence-electron chi connectivity index (χ1n) is 7.12. The molecule has 0 radical (unpaired) electrons. The molecular formula is C15H23N3O. The van der Waals surface area contributed by atoms with Crippen LogP contribution in [-0.4, -0.2) is 16.1 Å². The highest BCUT2D eigenvalue weighted by atomic mass is 16.3. The van der Waals surface area contributed by atoms with Crippen molar-refractivity contribution in [3.8, 4) is 0 Å². The van der Waals surface area contributed by atoms with E-state index in [1.165, 1.54) is 5.56 Å². The molecule has 4 nitrogen and oxygen atoms in total. The minimum absolute atomic E-state index is 0.114. The normalized spacial score (nSPS) is 12.8. The fraction of sp³-hybridized carbons (Fsp3) is 0.533. The SMILES string of the molecule is CCCNC(c1ccoc1CC)c1nccn1CC. The van der Waals surface area contributed by atoms with E-state index in [-0.39, 0.29) is 6.04 Å². The van der Waals surface area contributed by atoms with Gasteiger partial charge in [-0.1, -0.05) is 13.8 Å². The number of hydrogen-bond acceptors (Lipinski definition) is 3. The first kappa shape index (κ1) is 13.9. The van der Waals surface area contributed by atoms with Crippen LogP contribution in [0.2, 0.25) is 0 Å². The van der Waals surface area contributed by atoms with Crippen LogP contribution in [0.1, 0.15) is 50.4 Å². The molecule has 0 saturated heterocycles. The lowest BCUT2D eigenvalue weighted by Crippen LogP contribution is -2.26. The highest BCUT2D eigenvalue weighted by Crippen LogP contribution is 2.25. The number of aromatic nitrogens is 2. The predicted octanol–water partition coefficient (Wildman–Crippen LogP) is 3.15. The molecule has 2 aromatic heterocycles. The zero-order chi connectivity index (χ0) is 13.7. The van der Waals surface area contributed by atoms with Crippen LogP contribution in [-0.2, 0) is 13.0 Å². The molecule has 0 amide bonds. The molecule has 2 heterocycles. The van der Waals surface area contributed by atoms with Crippen LogP contribution in [0.5, 0.6) is 0 Å². The highest BCUT2D eigenvalue weighted by Gasteiger charge is 2.22. The number of hydrogen-bond donors (Lipinski definition) is 1. The first-order chi connectivity index (χ1) is 9.31. The molecule has 1 unspecified atom stereocenters. The van der Waals surface area contributed by atoms with Crippen molar-refractivity contribution in [1.29, 1.82) is 0 Å². The molecule has 0 saturated carbocycles. The Bertz CT molecular complexity index is 459. The van der Waals surface area contributed by atoms with Crippen molar-refractivity contribution in [1.82, 2.24) is 14.9 Å². The van der Waals surface area contributed by atoms with E-state index in [0.717, 1.165) is 37.5 Å². The second kappa shape index (κ2) is 6.57.